The molecule has 2 N–H and O–H groups in total. The van der Waals surface area contributed by atoms with Gasteiger partial charge in [0, 0.05) is 6.04 Å². The van der Waals surface area contributed by atoms with Gasteiger partial charge in [0.1, 0.15) is 0 Å². The highest BCUT2D eigenvalue weighted by atomic mass is 16.4. The standard InChI is InChI=1S/C11H19NO3/c1-3-5-7(4-2)12-10(13)8-6-9(8)11(14)15/h7-9H,3-6H2,1-2H3,(H,12,13)(H,14,15). The Hall–Kier alpha value is -1.06. The molecule has 1 amide bonds. The smallest absolute Gasteiger partial charge is 0.307 e. The maximum atomic E-state index is 11.6. The second-order valence-corrected chi connectivity index (χ2v) is 4.19. The van der Waals surface area contributed by atoms with Gasteiger partial charge in [-0.3, -0.25) is 9.59 Å². The van der Waals surface area contributed by atoms with Crippen LogP contribution in [-0.2, 0) is 9.59 Å². The van der Waals surface area contributed by atoms with Crippen LogP contribution < -0.4 is 5.32 Å². The van der Waals surface area contributed by atoms with Crippen molar-refractivity contribution in [1.82, 2.24) is 5.32 Å². The number of amides is 1. The molecule has 86 valence electrons. The van der Waals surface area contributed by atoms with E-state index in [2.05, 4.69) is 12.2 Å². The second kappa shape index (κ2) is 5.14. The summed E-state index contributed by atoms with van der Waals surface area (Å²) in [5.74, 6) is -1.65. The molecule has 1 rings (SSSR count). The molecule has 15 heavy (non-hydrogen) atoms. The molecule has 0 aromatic carbocycles. The minimum atomic E-state index is -0.848. The zero-order chi connectivity index (χ0) is 11.4. The molecule has 0 spiro atoms. The van der Waals surface area contributed by atoms with Gasteiger partial charge in [0.2, 0.25) is 5.91 Å². The van der Waals surface area contributed by atoms with Crippen molar-refractivity contribution < 1.29 is 14.7 Å². The Morgan fingerprint density at radius 1 is 1.40 bits per heavy atom. The Morgan fingerprint density at radius 3 is 2.47 bits per heavy atom. The van der Waals surface area contributed by atoms with Crippen LogP contribution in [0.25, 0.3) is 0 Å². The average molecular weight is 213 g/mol. The van der Waals surface area contributed by atoms with Crippen LogP contribution in [0, 0.1) is 11.8 Å². The number of aliphatic carboxylic acids is 1. The minimum Gasteiger partial charge on any atom is -0.481 e. The van der Waals surface area contributed by atoms with Gasteiger partial charge in [0.25, 0.3) is 0 Å². The van der Waals surface area contributed by atoms with Gasteiger partial charge in [-0.25, -0.2) is 0 Å². The first kappa shape index (κ1) is 12.0. The van der Waals surface area contributed by atoms with Gasteiger partial charge in [-0.1, -0.05) is 20.3 Å². The van der Waals surface area contributed by atoms with E-state index in [0.29, 0.717) is 6.42 Å². The van der Waals surface area contributed by atoms with E-state index in [0.717, 1.165) is 19.3 Å². The second-order valence-electron chi connectivity index (χ2n) is 4.19. The molecular weight excluding hydrogens is 194 g/mol. The predicted octanol–water partition coefficient (Wildman–Crippen LogP) is 1.40. The molecule has 1 aliphatic rings. The minimum absolute atomic E-state index is 0.0808. The number of carbonyl (C=O) groups is 2. The van der Waals surface area contributed by atoms with E-state index in [4.69, 9.17) is 5.11 Å². The Morgan fingerprint density at radius 2 is 2.07 bits per heavy atom. The lowest BCUT2D eigenvalue weighted by atomic mass is 10.1. The van der Waals surface area contributed by atoms with Crippen LogP contribution in [-0.4, -0.2) is 23.0 Å². The van der Waals surface area contributed by atoms with Gasteiger partial charge in [-0.05, 0) is 19.3 Å². The van der Waals surface area contributed by atoms with Crippen molar-refractivity contribution >= 4 is 11.9 Å². The van der Waals surface area contributed by atoms with Crippen LogP contribution in [0.1, 0.15) is 39.5 Å². The first-order chi connectivity index (χ1) is 7.10. The van der Waals surface area contributed by atoms with Crippen LogP contribution in [0.3, 0.4) is 0 Å². The molecule has 0 saturated heterocycles. The van der Waals surface area contributed by atoms with Gasteiger partial charge in [-0.2, -0.15) is 0 Å². The summed E-state index contributed by atoms with van der Waals surface area (Å²) in [5, 5.41) is 11.6. The third kappa shape index (κ3) is 3.22. The normalized spacial score (nSPS) is 25.7. The summed E-state index contributed by atoms with van der Waals surface area (Å²) in [6.45, 7) is 4.11. The van der Waals surface area contributed by atoms with Crippen molar-refractivity contribution in [1.29, 1.82) is 0 Å². The molecule has 0 bridgehead atoms. The van der Waals surface area contributed by atoms with Crippen LogP contribution in [0.2, 0.25) is 0 Å². The highest BCUT2D eigenvalue weighted by Gasteiger charge is 2.48. The number of hydrogen-bond acceptors (Lipinski definition) is 2. The average Bonchev–Trinajstić information content (AvgIpc) is 2.96. The summed E-state index contributed by atoms with van der Waals surface area (Å²) in [5.41, 5.74) is 0. The number of carboxylic acids is 1. The monoisotopic (exact) mass is 213 g/mol. The van der Waals surface area contributed by atoms with E-state index in [1.165, 1.54) is 0 Å². The van der Waals surface area contributed by atoms with Crippen molar-refractivity contribution in [2.75, 3.05) is 0 Å². The summed E-state index contributed by atoms with van der Waals surface area (Å²) in [6, 6.07) is 0.206. The maximum Gasteiger partial charge on any atom is 0.307 e. The molecule has 0 heterocycles. The lowest BCUT2D eigenvalue weighted by Crippen LogP contribution is -2.36. The maximum absolute atomic E-state index is 11.6. The number of rotatable bonds is 6. The zero-order valence-corrected chi connectivity index (χ0v) is 9.32. The van der Waals surface area contributed by atoms with Crippen molar-refractivity contribution in [3.05, 3.63) is 0 Å². The first-order valence-electron chi connectivity index (χ1n) is 5.63. The molecule has 4 heteroatoms. The fourth-order valence-corrected chi connectivity index (χ4v) is 1.79. The van der Waals surface area contributed by atoms with Gasteiger partial charge in [0.15, 0.2) is 0 Å². The van der Waals surface area contributed by atoms with E-state index < -0.39 is 11.9 Å². The molecule has 0 aromatic rings. The lowest BCUT2D eigenvalue weighted by Gasteiger charge is -2.15. The van der Waals surface area contributed by atoms with Crippen LogP contribution in [0.15, 0.2) is 0 Å². The predicted molar refractivity (Wildman–Crippen MR) is 56.4 cm³/mol. The molecular formula is C11H19NO3. The Bertz CT molecular complexity index is 252. The molecule has 3 unspecified atom stereocenters. The van der Waals surface area contributed by atoms with Gasteiger partial charge < -0.3 is 10.4 Å². The van der Waals surface area contributed by atoms with Crippen LogP contribution in [0.5, 0.6) is 0 Å². The molecule has 1 fully saturated rings. The summed E-state index contributed by atoms with van der Waals surface area (Å²) in [7, 11) is 0. The van der Waals surface area contributed by atoms with Crippen LogP contribution >= 0.6 is 0 Å². The first-order valence-corrected chi connectivity index (χ1v) is 5.63. The van der Waals surface area contributed by atoms with E-state index >= 15 is 0 Å². The summed E-state index contributed by atoms with van der Waals surface area (Å²) in [6.07, 6.45) is 3.41. The summed E-state index contributed by atoms with van der Waals surface area (Å²) < 4.78 is 0. The van der Waals surface area contributed by atoms with E-state index in [-0.39, 0.29) is 17.9 Å². The Labute approximate surface area is 90.0 Å². The number of nitrogens with one attached hydrogen (secondary N) is 1. The largest absolute Gasteiger partial charge is 0.481 e. The van der Waals surface area contributed by atoms with Gasteiger partial charge in [-0.15, -0.1) is 0 Å². The van der Waals surface area contributed by atoms with Crippen molar-refractivity contribution in [2.24, 2.45) is 11.8 Å². The fraction of sp³-hybridized carbons (Fsp3) is 0.818. The molecule has 0 radical (unpaired) electrons. The van der Waals surface area contributed by atoms with Gasteiger partial charge in [0.05, 0.1) is 11.8 Å². The van der Waals surface area contributed by atoms with Crippen molar-refractivity contribution in [3.63, 3.8) is 0 Å². The Kier molecular flexibility index (Phi) is 4.12. The van der Waals surface area contributed by atoms with Crippen molar-refractivity contribution in [3.8, 4) is 0 Å². The topological polar surface area (TPSA) is 66.4 Å². The SMILES string of the molecule is CCCC(CC)NC(=O)C1CC1C(=O)O. The molecule has 0 aromatic heterocycles. The number of hydrogen-bond donors (Lipinski definition) is 2. The van der Waals surface area contributed by atoms with Gasteiger partial charge >= 0.3 is 5.97 Å². The summed E-state index contributed by atoms with van der Waals surface area (Å²) >= 11 is 0. The summed E-state index contributed by atoms with van der Waals surface area (Å²) in [4.78, 5) is 22.2. The highest BCUT2D eigenvalue weighted by molar-refractivity contribution is 5.89. The third-order valence-electron chi connectivity index (χ3n) is 2.92. The molecule has 1 aliphatic carbocycles. The van der Waals surface area contributed by atoms with E-state index in [1.807, 2.05) is 6.92 Å². The molecule has 0 aliphatic heterocycles. The number of carbonyl (C=O) groups excluding carboxylic acids is 1. The Balaban J connectivity index is 2.33. The lowest BCUT2D eigenvalue weighted by molar-refractivity contribution is -0.140. The third-order valence-corrected chi connectivity index (χ3v) is 2.92. The number of carboxylic acid groups (broad SMARTS) is 1. The van der Waals surface area contributed by atoms with Crippen molar-refractivity contribution in [2.45, 2.75) is 45.6 Å². The highest BCUT2D eigenvalue weighted by Crippen LogP contribution is 2.38. The van der Waals surface area contributed by atoms with E-state index in [9.17, 15) is 9.59 Å². The molecule has 4 nitrogen and oxygen atoms in total. The zero-order valence-electron chi connectivity index (χ0n) is 9.32. The molecule has 1 saturated carbocycles. The quantitative estimate of drug-likeness (QED) is 0.701. The fourth-order valence-electron chi connectivity index (χ4n) is 1.79. The van der Waals surface area contributed by atoms with E-state index in [1.54, 1.807) is 0 Å². The van der Waals surface area contributed by atoms with Crippen LogP contribution in [0.4, 0.5) is 0 Å². The molecule has 3 atom stereocenters.